The van der Waals surface area contributed by atoms with E-state index in [2.05, 4.69) is 24.1 Å². The van der Waals surface area contributed by atoms with E-state index in [-0.39, 0.29) is 5.91 Å². The van der Waals surface area contributed by atoms with E-state index in [1.165, 1.54) is 0 Å². The van der Waals surface area contributed by atoms with Gasteiger partial charge in [0.15, 0.2) is 0 Å². The quantitative estimate of drug-likeness (QED) is 0.569. The van der Waals surface area contributed by atoms with Gasteiger partial charge in [-0.15, -0.1) is 0 Å². The minimum absolute atomic E-state index is 0.0582. The predicted molar refractivity (Wildman–Crippen MR) is 83.0 cm³/mol. The van der Waals surface area contributed by atoms with E-state index in [0.717, 1.165) is 17.2 Å². The number of hydrogen-bond acceptors (Lipinski definition) is 5. The van der Waals surface area contributed by atoms with E-state index in [0.29, 0.717) is 12.5 Å². The highest BCUT2D eigenvalue weighted by Gasteiger charge is 2.13. The zero-order valence-electron chi connectivity index (χ0n) is 11.3. The van der Waals surface area contributed by atoms with E-state index >= 15 is 0 Å². The molecule has 1 rings (SSSR count). The van der Waals surface area contributed by atoms with Crippen LogP contribution in [0.15, 0.2) is 29.4 Å². The monoisotopic (exact) mass is 299 g/mol. The normalized spacial score (nSPS) is 12.4. The summed E-state index contributed by atoms with van der Waals surface area (Å²) in [6, 6.07) is 5.43. The van der Waals surface area contributed by atoms with Gasteiger partial charge < -0.3 is 11.1 Å². The fraction of sp³-hybridized carbons (Fsp3) is 0.538. The molecule has 0 aliphatic heterocycles. The summed E-state index contributed by atoms with van der Waals surface area (Å²) >= 11 is 0. The van der Waals surface area contributed by atoms with E-state index in [1.807, 2.05) is 18.2 Å². The van der Waals surface area contributed by atoms with E-state index in [1.54, 1.807) is 27.8 Å². The minimum Gasteiger partial charge on any atom is -0.354 e. The Labute approximate surface area is 122 Å². The second-order valence-corrected chi connectivity index (χ2v) is 7.04. The maximum Gasteiger partial charge on any atom is 0.236 e. The first-order valence-electron chi connectivity index (χ1n) is 6.33. The zero-order chi connectivity index (χ0) is 14.1. The van der Waals surface area contributed by atoms with Crippen molar-refractivity contribution in [3.8, 4) is 0 Å². The molecule has 0 aliphatic carbocycles. The number of nitrogens with zero attached hydrogens (tertiary/aromatic N) is 1. The van der Waals surface area contributed by atoms with Gasteiger partial charge in [0.25, 0.3) is 0 Å². The van der Waals surface area contributed by atoms with Crippen LogP contribution in [0, 0.1) is 5.92 Å². The van der Waals surface area contributed by atoms with Crippen molar-refractivity contribution in [1.82, 2.24) is 10.3 Å². The molecule has 0 fully saturated rings. The lowest BCUT2D eigenvalue weighted by Gasteiger charge is -2.13. The second kappa shape index (κ2) is 9.23. The molecule has 0 aromatic carbocycles. The summed E-state index contributed by atoms with van der Waals surface area (Å²) in [5.74, 6) is 1.22. The van der Waals surface area contributed by atoms with Crippen LogP contribution in [0.3, 0.4) is 0 Å². The van der Waals surface area contributed by atoms with Crippen molar-refractivity contribution in [2.75, 3.05) is 12.3 Å². The Kier molecular flexibility index (Phi) is 7.93. The maximum atomic E-state index is 11.6. The highest BCUT2D eigenvalue weighted by atomic mass is 33.1. The minimum atomic E-state index is -0.395. The molecule has 4 nitrogen and oxygen atoms in total. The second-order valence-electron chi connectivity index (χ2n) is 4.60. The number of carbonyl (C=O) groups excluding carboxylic acids is 1. The first-order valence-corrected chi connectivity index (χ1v) is 8.65. The van der Waals surface area contributed by atoms with Crippen molar-refractivity contribution in [1.29, 1.82) is 0 Å². The van der Waals surface area contributed by atoms with Crippen LogP contribution in [0.4, 0.5) is 0 Å². The molecule has 1 atom stereocenters. The van der Waals surface area contributed by atoms with E-state index in [4.69, 9.17) is 5.73 Å². The third-order valence-corrected chi connectivity index (χ3v) is 4.60. The maximum absolute atomic E-state index is 11.6. The van der Waals surface area contributed by atoms with Crippen LogP contribution in [0.1, 0.15) is 20.3 Å². The average Bonchev–Trinajstić information content (AvgIpc) is 2.38. The fourth-order valence-corrected chi connectivity index (χ4v) is 3.25. The third kappa shape index (κ3) is 7.44. The molecule has 0 saturated heterocycles. The molecule has 1 heterocycles. The summed E-state index contributed by atoms with van der Waals surface area (Å²) < 4.78 is 0. The van der Waals surface area contributed by atoms with Gasteiger partial charge in [-0.1, -0.05) is 30.7 Å². The van der Waals surface area contributed by atoms with Crippen molar-refractivity contribution in [3.63, 3.8) is 0 Å². The van der Waals surface area contributed by atoms with Crippen molar-refractivity contribution >= 4 is 27.5 Å². The lowest BCUT2D eigenvalue weighted by atomic mass is 10.0. The molecule has 0 aliphatic rings. The van der Waals surface area contributed by atoms with Crippen molar-refractivity contribution in [2.45, 2.75) is 31.3 Å². The molecule has 106 valence electrons. The summed E-state index contributed by atoms with van der Waals surface area (Å²) in [5, 5.41) is 3.84. The molecule has 0 saturated carbocycles. The van der Waals surface area contributed by atoms with Crippen LogP contribution in [0.2, 0.25) is 0 Å². The molecule has 19 heavy (non-hydrogen) atoms. The van der Waals surface area contributed by atoms with Gasteiger partial charge in [0.2, 0.25) is 5.91 Å². The third-order valence-electron chi connectivity index (χ3n) is 2.33. The van der Waals surface area contributed by atoms with Crippen molar-refractivity contribution in [2.24, 2.45) is 11.7 Å². The van der Waals surface area contributed by atoms with Crippen LogP contribution in [-0.2, 0) is 4.79 Å². The highest BCUT2D eigenvalue weighted by molar-refractivity contribution is 8.76. The molecular weight excluding hydrogens is 278 g/mol. The van der Waals surface area contributed by atoms with Crippen LogP contribution < -0.4 is 11.1 Å². The van der Waals surface area contributed by atoms with Gasteiger partial charge in [0.1, 0.15) is 5.03 Å². The Bertz CT molecular complexity index is 373. The molecule has 3 N–H and O–H groups in total. The van der Waals surface area contributed by atoms with Gasteiger partial charge in [-0.05, 0) is 35.3 Å². The number of aromatic nitrogens is 1. The number of nitrogens with two attached hydrogens (primary N) is 1. The summed E-state index contributed by atoms with van der Waals surface area (Å²) in [7, 11) is 3.29. The first-order chi connectivity index (χ1) is 9.09. The van der Waals surface area contributed by atoms with E-state index < -0.39 is 6.04 Å². The zero-order valence-corrected chi connectivity index (χ0v) is 13.0. The molecule has 0 bridgehead atoms. The standard InChI is InChI=1S/C13H21N3OS2/c1-10(2)9-11(14)13(17)16-7-8-18-19-12-5-3-4-6-15-12/h3-6,10-11H,7-9,14H2,1-2H3,(H,16,17)/t11-/m0/s1. The number of amides is 1. The topological polar surface area (TPSA) is 68.0 Å². The highest BCUT2D eigenvalue weighted by Crippen LogP contribution is 2.28. The Morgan fingerprint density at radius 2 is 2.26 bits per heavy atom. The Morgan fingerprint density at radius 1 is 1.47 bits per heavy atom. The largest absolute Gasteiger partial charge is 0.354 e. The fourth-order valence-electron chi connectivity index (χ4n) is 1.46. The summed E-state index contributed by atoms with van der Waals surface area (Å²) in [5.41, 5.74) is 5.79. The molecule has 0 unspecified atom stereocenters. The predicted octanol–water partition coefficient (Wildman–Crippen LogP) is 2.31. The van der Waals surface area contributed by atoms with Crippen LogP contribution in [0.5, 0.6) is 0 Å². The molecule has 0 spiro atoms. The van der Waals surface area contributed by atoms with Gasteiger partial charge in [-0.3, -0.25) is 4.79 Å². The first kappa shape index (κ1) is 16.3. The summed E-state index contributed by atoms with van der Waals surface area (Å²) in [6.07, 6.45) is 2.50. The molecular formula is C13H21N3OS2. The summed E-state index contributed by atoms with van der Waals surface area (Å²) in [4.78, 5) is 15.9. The van der Waals surface area contributed by atoms with Crippen LogP contribution in [-0.4, -0.2) is 29.2 Å². The molecule has 0 radical (unpaired) electrons. The van der Waals surface area contributed by atoms with Gasteiger partial charge in [0.05, 0.1) is 6.04 Å². The lowest BCUT2D eigenvalue weighted by molar-refractivity contribution is -0.122. The molecule has 1 amide bonds. The van der Waals surface area contributed by atoms with Gasteiger partial charge in [-0.2, -0.15) is 0 Å². The number of carbonyl (C=O) groups is 1. The number of nitrogens with one attached hydrogen (secondary N) is 1. The lowest BCUT2D eigenvalue weighted by Crippen LogP contribution is -2.42. The smallest absolute Gasteiger partial charge is 0.236 e. The number of pyridine rings is 1. The Hall–Kier alpha value is -0.720. The number of hydrogen-bond donors (Lipinski definition) is 2. The number of rotatable bonds is 8. The van der Waals surface area contributed by atoms with E-state index in [9.17, 15) is 4.79 Å². The Balaban J connectivity index is 2.09. The van der Waals surface area contributed by atoms with Crippen LogP contribution >= 0.6 is 21.6 Å². The molecule has 1 aromatic heterocycles. The SMILES string of the molecule is CC(C)C[C@H](N)C(=O)NCCSSc1ccccn1. The Morgan fingerprint density at radius 3 is 2.89 bits per heavy atom. The van der Waals surface area contributed by atoms with Crippen molar-refractivity contribution < 1.29 is 4.79 Å². The van der Waals surface area contributed by atoms with Gasteiger partial charge in [-0.25, -0.2) is 4.98 Å². The van der Waals surface area contributed by atoms with Crippen LogP contribution in [0.25, 0.3) is 0 Å². The van der Waals surface area contributed by atoms with Crippen molar-refractivity contribution in [3.05, 3.63) is 24.4 Å². The summed E-state index contributed by atoms with van der Waals surface area (Å²) in [6.45, 7) is 4.76. The molecule has 1 aromatic rings. The van der Waals surface area contributed by atoms with Gasteiger partial charge >= 0.3 is 0 Å². The molecule has 6 heteroatoms. The van der Waals surface area contributed by atoms with Gasteiger partial charge in [0, 0.05) is 18.5 Å². The average molecular weight is 299 g/mol.